The highest BCUT2D eigenvalue weighted by Gasteiger charge is 2.25. The van der Waals surface area contributed by atoms with Crippen LogP contribution in [0.2, 0.25) is 0 Å². The molecule has 0 amide bonds. The van der Waals surface area contributed by atoms with Gasteiger partial charge < -0.3 is 4.57 Å². The Balaban J connectivity index is 2.26. The van der Waals surface area contributed by atoms with Gasteiger partial charge in [-0.25, -0.2) is 4.98 Å². The maximum Gasteiger partial charge on any atom is 0.0992 e. The molecule has 0 aliphatic heterocycles. The lowest BCUT2D eigenvalue weighted by Crippen LogP contribution is -1.95. The van der Waals surface area contributed by atoms with Crippen molar-refractivity contribution < 1.29 is 0 Å². The van der Waals surface area contributed by atoms with Gasteiger partial charge in [-0.3, -0.25) is 0 Å². The monoisotopic (exact) mass is 204 g/mol. The van der Waals surface area contributed by atoms with E-state index in [1.165, 1.54) is 29.8 Å². The van der Waals surface area contributed by atoms with E-state index in [0.29, 0.717) is 0 Å². The van der Waals surface area contributed by atoms with E-state index in [-0.39, 0.29) is 0 Å². The number of rotatable bonds is 4. The van der Waals surface area contributed by atoms with E-state index < -0.39 is 0 Å². The molecule has 1 aromatic rings. The lowest BCUT2D eigenvalue weighted by atomic mass is 10.1. The lowest BCUT2D eigenvalue weighted by Gasteiger charge is -2.09. The predicted molar refractivity (Wildman–Crippen MR) is 63.7 cm³/mol. The minimum atomic E-state index is 0.756. The van der Waals surface area contributed by atoms with Crippen molar-refractivity contribution in [2.75, 3.05) is 0 Å². The third-order valence-corrected chi connectivity index (χ3v) is 3.27. The second kappa shape index (κ2) is 4.21. The van der Waals surface area contributed by atoms with Gasteiger partial charge in [0.05, 0.1) is 12.0 Å². The van der Waals surface area contributed by atoms with Crippen molar-refractivity contribution in [3.05, 3.63) is 23.8 Å². The Bertz CT molecular complexity index is 370. The average molecular weight is 204 g/mol. The second-order valence-electron chi connectivity index (χ2n) is 4.41. The molecule has 1 saturated carbocycles. The van der Waals surface area contributed by atoms with Crippen molar-refractivity contribution in [1.82, 2.24) is 9.55 Å². The van der Waals surface area contributed by atoms with Crippen LogP contribution in [-0.4, -0.2) is 9.55 Å². The third kappa shape index (κ3) is 2.14. The number of hydrogen-bond acceptors (Lipinski definition) is 1. The summed E-state index contributed by atoms with van der Waals surface area (Å²) in [5.41, 5.74) is 4.17. The highest BCUT2D eigenvalue weighted by molar-refractivity contribution is 5.49. The van der Waals surface area contributed by atoms with E-state index in [1.54, 1.807) is 0 Å². The smallest absolute Gasteiger partial charge is 0.0992 e. The van der Waals surface area contributed by atoms with Crippen molar-refractivity contribution in [3.8, 4) is 0 Å². The largest absolute Gasteiger partial charge is 0.310 e. The summed E-state index contributed by atoms with van der Waals surface area (Å²) in [4.78, 5) is 4.49. The zero-order valence-electron chi connectivity index (χ0n) is 9.95. The normalized spacial score (nSPS) is 17.8. The van der Waals surface area contributed by atoms with Gasteiger partial charge in [0.2, 0.25) is 0 Å². The van der Waals surface area contributed by atoms with Gasteiger partial charge >= 0.3 is 0 Å². The molecule has 0 spiro atoms. The number of nitrogens with zero attached hydrogens (tertiary/aromatic N) is 2. The molecule has 2 rings (SSSR count). The fourth-order valence-corrected chi connectivity index (χ4v) is 1.98. The van der Waals surface area contributed by atoms with Crippen molar-refractivity contribution >= 4 is 5.70 Å². The van der Waals surface area contributed by atoms with Crippen LogP contribution in [0.5, 0.6) is 0 Å². The number of hydrogen-bond donors (Lipinski definition) is 0. The Morgan fingerprint density at radius 3 is 2.67 bits per heavy atom. The van der Waals surface area contributed by atoms with E-state index in [4.69, 9.17) is 0 Å². The van der Waals surface area contributed by atoms with Crippen LogP contribution in [0.1, 0.15) is 58.1 Å². The van der Waals surface area contributed by atoms with Crippen LogP contribution in [0, 0.1) is 0 Å². The topological polar surface area (TPSA) is 17.8 Å². The molecule has 2 heteroatoms. The number of imidazole rings is 1. The summed E-state index contributed by atoms with van der Waals surface area (Å²) in [7, 11) is 0. The van der Waals surface area contributed by atoms with E-state index in [0.717, 1.165) is 18.8 Å². The van der Waals surface area contributed by atoms with Crippen LogP contribution in [-0.2, 0) is 0 Å². The summed E-state index contributed by atoms with van der Waals surface area (Å²) < 4.78 is 2.21. The molecule has 2 nitrogen and oxygen atoms in total. The first-order valence-electron chi connectivity index (χ1n) is 5.99. The SMILES string of the molecule is CC/C(C)=C(/CC)n1cnc(C2CC2)c1. The molecule has 0 radical (unpaired) electrons. The molecule has 0 unspecified atom stereocenters. The zero-order chi connectivity index (χ0) is 10.8. The van der Waals surface area contributed by atoms with E-state index in [2.05, 4.69) is 36.5 Å². The molecule has 0 saturated heterocycles. The molecule has 1 heterocycles. The van der Waals surface area contributed by atoms with Crippen LogP contribution in [0.4, 0.5) is 0 Å². The number of allylic oxidation sites excluding steroid dienone is 2. The molecule has 1 fully saturated rings. The molecule has 1 aromatic heterocycles. The Hall–Kier alpha value is -1.05. The molecule has 0 atom stereocenters. The van der Waals surface area contributed by atoms with E-state index >= 15 is 0 Å². The van der Waals surface area contributed by atoms with Gasteiger partial charge in [-0.05, 0) is 32.6 Å². The van der Waals surface area contributed by atoms with Gasteiger partial charge in [0.1, 0.15) is 0 Å². The first-order chi connectivity index (χ1) is 7.26. The fourth-order valence-electron chi connectivity index (χ4n) is 1.98. The van der Waals surface area contributed by atoms with Crippen LogP contribution in [0.15, 0.2) is 18.1 Å². The van der Waals surface area contributed by atoms with Crippen LogP contribution >= 0.6 is 0 Å². The molecule has 0 aromatic carbocycles. The highest BCUT2D eigenvalue weighted by Crippen LogP contribution is 2.39. The Labute approximate surface area is 92.0 Å². The maximum atomic E-state index is 4.49. The van der Waals surface area contributed by atoms with Crippen LogP contribution < -0.4 is 0 Å². The lowest BCUT2D eigenvalue weighted by molar-refractivity contribution is 0.952. The molecule has 1 aliphatic carbocycles. The Kier molecular flexibility index (Phi) is 2.94. The van der Waals surface area contributed by atoms with Gasteiger partial charge in [0, 0.05) is 17.8 Å². The first kappa shape index (κ1) is 10.5. The average Bonchev–Trinajstić information content (AvgIpc) is 3.00. The van der Waals surface area contributed by atoms with Gasteiger partial charge in [-0.15, -0.1) is 0 Å². The van der Waals surface area contributed by atoms with Crippen LogP contribution in [0.3, 0.4) is 0 Å². The van der Waals surface area contributed by atoms with Crippen molar-refractivity contribution in [3.63, 3.8) is 0 Å². The molecule has 15 heavy (non-hydrogen) atoms. The second-order valence-corrected chi connectivity index (χ2v) is 4.41. The van der Waals surface area contributed by atoms with Crippen molar-refractivity contribution in [1.29, 1.82) is 0 Å². The molecular weight excluding hydrogens is 184 g/mol. The Morgan fingerprint density at radius 2 is 2.13 bits per heavy atom. The standard InChI is InChI=1S/C13H20N2/c1-4-10(3)13(5-2)15-8-12(14-9-15)11-6-7-11/h8-9,11H,4-7H2,1-3H3/b13-10-. The third-order valence-electron chi connectivity index (χ3n) is 3.27. The summed E-state index contributed by atoms with van der Waals surface area (Å²) in [6.45, 7) is 6.64. The summed E-state index contributed by atoms with van der Waals surface area (Å²) in [6.07, 6.45) is 9.06. The fraction of sp³-hybridized carbons (Fsp3) is 0.615. The van der Waals surface area contributed by atoms with Gasteiger partial charge in [0.15, 0.2) is 0 Å². The zero-order valence-corrected chi connectivity index (χ0v) is 9.95. The summed E-state index contributed by atoms with van der Waals surface area (Å²) in [6, 6.07) is 0. The summed E-state index contributed by atoms with van der Waals surface area (Å²) >= 11 is 0. The van der Waals surface area contributed by atoms with Crippen molar-refractivity contribution in [2.45, 2.75) is 52.4 Å². The van der Waals surface area contributed by atoms with Crippen LogP contribution in [0.25, 0.3) is 5.70 Å². The van der Waals surface area contributed by atoms with Gasteiger partial charge in [0.25, 0.3) is 0 Å². The highest BCUT2D eigenvalue weighted by atomic mass is 15.0. The van der Waals surface area contributed by atoms with Gasteiger partial charge in [-0.2, -0.15) is 0 Å². The predicted octanol–water partition coefficient (Wildman–Crippen LogP) is 3.81. The first-order valence-corrected chi connectivity index (χ1v) is 5.99. The summed E-state index contributed by atoms with van der Waals surface area (Å²) in [5.74, 6) is 0.756. The van der Waals surface area contributed by atoms with Gasteiger partial charge in [-0.1, -0.05) is 19.4 Å². The minimum Gasteiger partial charge on any atom is -0.310 e. The Morgan fingerprint density at radius 1 is 1.40 bits per heavy atom. The molecule has 0 bridgehead atoms. The minimum absolute atomic E-state index is 0.756. The van der Waals surface area contributed by atoms with E-state index in [1.807, 2.05) is 6.33 Å². The van der Waals surface area contributed by atoms with E-state index in [9.17, 15) is 0 Å². The molecule has 82 valence electrons. The molecular formula is C13H20N2. The molecule has 0 N–H and O–H groups in total. The molecule has 1 aliphatic rings. The summed E-state index contributed by atoms with van der Waals surface area (Å²) in [5, 5.41) is 0. The van der Waals surface area contributed by atoms with Crippen molar-refractivity contribution in [2.24, 2.45) is 0 Å². The number of aromatic nitrogens is 2. The maximum absolute atomic E-state index is 4.49. The quantitative estimate of drug-likeness (QED) is 0.729.